The Morgan fingerprint density at radius 2 is 1.43 bits per heavy atom. The van der Waals surface area contributed by atoms with Crippen LogP contribution >= 0.6 is 28.3 Å². The molecule has 1 spiro atoms. The van der Waals surface area contributed by atoms with Gasteiger partial charge >= 0.3 is 0 Å². The minimum Gasteiger partial charge on any atom is -0.369 e. The number of ether oxygens (including phenoxy) is 1. The summed E-state index contributed by atoms with van der Waals surface area (Å²) in [6.45, 7) is 5.16. The Hall–Kier alpha value is -2.18. The lowest BCUT2D eigenvalue weighted by Crippen LogP contribution is -2.45. The number of nitrogens with zero attached hydrogens (tertiary/aromatic N) is 2. The van der Waals surface area contributed by atoms with Gasteiger partial charge in [-0.05, 0) is 67.6 Å². The van der Waals surface area contributed by atoms with Crippen LogP contribution in [-0.2, 0) is 22.7 Å². The molecule has 5 rings (SSSR count). The van der Waals surface area contributed by atoms with Crippen molar-refractivity contribution >= 4 is 34.2 Å². The Kier molecular flexibility index (Phi) is 9.83. The fraction of sp³-hybridized carbons (Fsp3) is 0.387. The first-order valence-electron chi connectivity index (χ1n) is 13.1. The van der Waals surface area contributed by atoms with E-state index in [2.05, 4.69) is 105 Å². The minimum atomic E-state index is -0.158. The lowest BCUT2D eigenvalue weighted by Gasteiger charge is -2.38. The average Bonchev–Trinajstić information content (AvgIpc) is 3.22. The van der Waals surface area contributed by atoms with Gasteiger partial charge < -0.3 is 14.5 Å². The highest BCUT2D eigenvalue weighted by atomic mass is 79.9. The van der Waals surface area contributed by atoms with E-state index in [0.29, 0.717) is 12.5 Å². The van der Waals surface area contributed by atoms with E-state index in [0.717, 1.165) is 62.9 Å². The number of rotatable bonds is 9. The SMILES string of the molecule is Cl.O=C1N(Cc2ccc(Br)cc2)CCC12CCN(CCC(OCc1ccccc1)c1ccccc1)CC2. The summed E-state index contributed by atoms with van der Waals surface area (Å²) in [5.41, 5.74) is 3.47. The summed E-state index contributed by atoms with van der Waals surface area (Å²) in [7, 11) is 0. The first-order valence-corrected chi connectivity index (χ1v) is 13.9. The number of carbonyl (C=O) groups is 1. The Balaban J connectivity index is 0.00000320. The normalized spacial score (nSPS) is 18.1. The molecule has 0 bridgehead atoms. The van der Waals surface area contributed by atoms with Crippen LogP contribution in [0.1, 0.15) is 48.5 Å². The second kappa shape index (κ2) is 13.1. The Morgan fingerprint density at radius 3 is 2.11 bits per heavy atom. The Bertz CT molecular complexity index is 1120. The highest BCUT2D eigenvalue weighted by Crippen LogP contribution is 2.42. The molecule has 2 aliphatic heterocycles. The first-order chi connectivity index (χ1) is 17.6. The molecule has 4 nitrogen and oxygen atoms in total. The number of hydrogen-bond donors (Lipinski definition) is 0. The average molecular weight is 584 g/mol. The van der Waals surface area contributed by atoms with Crippen molar-refractivity contribution in [3.8, 4) is 0 Å². The van der Waals surface area contributed by atoms with Gasteiger partial charge in [0.2, 0.25) is 5.91 Å². The van der Waals surface area contributed by atoms with Crippen LogP contribution in [0, 0.1) is 5.41 Å². The van der Waals surface area contributed by atoms with Crippen LogP contribution in [0.2, 0.25) is 0 Å². The summed E-state index contributed by atoms with van der Waals surface area (Å²) in [6.07, 6.45) is 3.93. The standard InChI is InChI=1S/C31H35BrN2O2.ClH/c32-28-13-11-25(12-14-28)23-34-22-18-31(30(34)35)16-20-33(21-17-31)19-15-29(27-9-5-2-6-10-27)36-24-26-7-3-1-4-8-26;/h1-14,29H,15-24H2;1H. The summed E-state index contributed by atoms with van der Waals surface area (Å²) in [5.74, 6) is 0.360. The molecule has 1 atom stereocenters. The summed E-state index contributed by atoms with van der Waals surface area (Å²) < 4.78 is 7.48. The molecule has 0 N–H and O–H groups in total. The van der Waals surface area contributed by atoms with E-state index >= 15 is 0 Å². The smallest absolute Gasteiger partial charge is 0.229 e. The third kappa shape index (κ3) is 7.02. The molecule has 3 aromatic carbocycles. The van der Waals surface area contributed by atoms with Crippen LogP contribution in [-0.4, -0.2) is 41.9 Å². The summed E-state index contributed by atoms with van der Waals surface area (Å²) in [5, 5.41) is 0. The zero-order valence-corrected chi connectivity index (χ0v) is 23.6. The topological polar surface area (TPSA) is 32.8 Å². The van der Waals surface area contributed by atoms with Crippen molar-refractivity contribution in [3.05, 3.63) is 106 Å². The zero-order chi connectivity index (χ0) is 24.8. The van der Waals surface area contributed by atoms with Gasteiger partial charge in [-0.3, -0.25) is 4.79 Å². The number of carbonyl (C=O) groups excluding carboxylic acids is 1. The van der Waals surface area contributed by atoms with Crippen molar-refractivity contribution in [2.45, 2.75) is 44.9 Å². The zero-order valence-electron chi connectivity index (χ0n) is 21.2. The maximum absolute atomic E-state index is 13.4. The molecule has 37 heavy (non-hydrogen) atoms. The van der Waals surface area contributed by atoms with E-state index in [9.17, 15) is 4.79 Å². The van der Waals surface area contributed by atoms with Crippen molar-refractivity contribution in [1.82, 2.24) is 9.80 Å². The third-order valence-electron chi connectivity index (χ3n) is 7.87. The number of halogens is 2. The number of likely N-dealkylation sites (tertiary alicyclic amines) is 2. The minimum absolute atomic E-state index is 0. The molecule has 196 valence electrons. The number of amides is 1. The second-order valence-corrected chi connectivity index (χ2v) is 11.1. The largest absolute Gasteiger partial charge is 0.369 e. The Morgan fingerprint density at radius 1 is 0.811 bits per heavy atom. The molecule has 2 saturated heterocycles. The van der Waals surface area contributed by atoms with Gasteiger partial charge in [0.05, 0.1) is 18.1 Å². The molecule has 2 heterocycles. The van der Waals surface area contributed by atoms with Crippen molar-refractivity contribution in [2.75, 3.05) is 26.2 Å². The van der Waals surface area contributed by atoms with Gasteiger partial charge in [-0.15, -0.1) is 12.4 Å². The van der Waals surface area contributed by atoms with Crippen molar-refractivity contribution in [1.29, 1.82) is 0 Å². The van der Waals surface area contributed by atoms with Crippen LogP contribution < -0.4 is 0 Å². The lowest BCUT2D eigenvalue weighted by molar-refractivity contribution is -0.139. The molecule has 2 fully saturated rings. The highest BCUT2D eigenvalue weighted by Gasteiger charge is 2.47. The summed E-state index contributed by atoms with van der Waals surface area (Å²) >= 11 is 3.49. The molecule has 1 amide bonds. The molecule has 3 aromatic rings. The molecule has 0 radical (unpaired) electrons. The van der Waals surface area contributed by atoms with Crippen molar-refractivity contribution in [3.63, 3.8) is 0 Å². The molecule has 0 aromatic heterocycles. The maximum Gasteiger partial charge on any atom is 0.229 e. The summed E-state index contributed by atoms with van der Waals surface area (Å²) in [6, 6.07) is 29.3. The summed E-state index contributed by atoms with van der Waals surface area (Å²) in [4.78, 5) is 18.0. The monoisotopic (exact) mass is 582 g/mol. The van der Waals surface area contributed by atoms with Crippen molar-refractivity contribution < 1.29 is 9.53 Å². The molecule has 6 heteroatoms. The predicted molar refractivity (Wildman–Crippen MR) is 155 cm³/mol. The lowest BCUT2D eigenvalue weighted by atomic mass is 9.77. The quantitative estimate of drug-likeness (QED) is 0.271. The highest BCUT2D eigenvalue weighted by molar-refractivity contribution is 9.10. The van der Waals surface area contributed by atoms with Crippen LogP contribution in [0.15, 0.2) is 89.4 Å². The first kappa shape index (κ1) is 27.8. The maximum atomic E-state index is 13.4. The van der Waals surface area contributed by atoms with E-state index in [4.69, 9.17) is 4.74 Å². The molecule has 1 unspecified atom stereocenters. The van der Waals surface area contributed by atoms with Crippen LogP contribution in [0.3, 0.4) is 0 Å². The molecule has 2 aliphatic rings. The van der Waals surface area contributed by atoms with E-state index in [-0.39, 0.29) is 23.9 Å². The fourth-order valence-corrected chi connectivity index (χ4v) is 5.87. The van der Waals surface area contributed by atoms with Gasteiger partial charge in [0.25, 0.3) is 0 Å². The van der Waals surface area contributed by atoms with E-state index < -0.39 is 0 Å². The fourth-order valence-electron chi connectivity index (χ4n) is 5.61. The second-order valence-electron chi connectivity index (χ2n) is 10.2. The van der Waals surface area contributed by atoms with Gasteiger partial charge in [0.1, 0.15) is 0 Å². The van der Waals surface area contributed by atoms with E-state index in [1.807, 2.05) is 6.07 Å². The molecular weight excluding hydrogens is 548 g/mol. The Labute approximate surface area is 235 Å². The number of benzene rings is 3. The van der Waals surface area contributed by atoms with Crippen molar-refractivity contribution in [2.24, 2.45) is 5.41 Å². The van der Waals surface area contributed by atoms with Gasteiger partial charge in [-0.1, -0.05) is 88.7 Å². The number of hydrogen-bond acceptors (Lipinski definition) is 3. The molecular formula is C31H36BrClN2O2. The van der Waals surface area contributed by atoms with Gasteiger partial charge in [0, 0.05) is 24.1 Å². The van der Waals surface area contributed by atoms with Gasteiger partial charge in [-0.25, -0.2) is 0 Å². The van der Waals surface area contributed by atoms with Gasteiger partial charge in [-0.2, -0.15) is 0 Å². The van der Waals surface area contributed by atoms with Crippen LogP contribution in [0.5, 0.6) is 0 Å². The molecule has 0 saturated carbocycles. The van der Waals surface area contributed by atoms with Crippen LogP contribution in [0.25, 0.3) is 0 Å². The van der Waals surface area contributed by atoms with Crippen LogP contribution in [0.4, 0.5) is 0 Å². The third-order valence-corrected chi connectivity index (χ3v) is 8.40. The van der Waals surface area contributed by atoms with E-state index in [1.165, 1.54) is 16.7 Å². The van der Waals surface area contributed by atoms with E-state index in [1.54, 1.807) is 0 Å². The number of piperidine rings is 1. The molecule has 0 aliphatic carbocycles. The van der Waals surface area contributed by atoms with Gasteiger partial charge in [0.15, 0.2) is 0 Å². The predicted octanol–water partition coefficient (Wildman–Crippen LogP) is 7.03.